The van der Waals surface area contributed by atoms with Crippen molar-refractivity contribution in [1.29, 1.82) is 0 Å². The maximum Gasteiger partial charge on any atom is 0.261 e. The number of carbonyl (C=O) groups excluding carboxylic acids is 4. The molecule has 3 rings (SSSR count). The fourth-order valence-corrected chi connectivity index (χ4v) is 3.96. The van der Waals surface area contributed by atoms with Crippen molar-refractivity contribution in [2.24, 2.45) is 0 Å². The van der Waals surface area contributed by atoms with Crippen molar-refractivity contribution in [3.05, 3.63) is 57.8 Å². The molecule has 1 aromatic heterocycles. The van der Waals surface area contributed by atoms with E-state index in [2.05, 4.69) is 16.0 Å². The van der Waals surface area contributed by atoms with Gasteiger partial charge in [0.15, 0.2) is 0 Å². The average Bonchev–Trinajstić information content (AvgIpc) is 3.47. The molecule has 0 spiro atoms. The van der Waals surface area contributed by atoms with Crippen LogP contribution in [-0.2, 0) is 16.1 Å². The molecular weight excluding hydrogens is 404 g/mol. The standard InChI is InChI=1S/C21H24N4O4S/c1-22-20(28)16-4-2-10-25(16)18(26)13-24-19(27)15-8-6-14(7-9-15)12-23-21(29)17-5-3-11-30-17/h3,5-9,11,16H,2,4,10,12-13H2,1H3,(H,22,28)(H,23,29)(H,24,27). The van der Waals surface area contributed by atoms with E-state index >= 15 is 0 Å². The van der Waals surface area contributed by atoms with E-state index in [0.29, 0.717) is 30.0 Å². The molecule has 0 bridgehead atoms. The first-order chi connectivity index (χ1) is 14.5. The van der Waals surface area contributed by atoms with E-state index in [1.165, 1.54) is 16.2 Å². The molecule has 1 unspecified atom stereocenters. The van der Waals surface area contributed by atoms with Gasteiger partial charge >= 0.3 is 0 Å². The molecule has 1 fully saturated rings. The first kappa shape index (κ1) is 21.5. The summed E-state index contributed by atoms with van der Waals surface area (Å²) in [4.78, 5) is 50.7. The molecule has 4 amide bonds. The van der Waals surface area contributed by atoms with Crippen molar-refractivity contribution in [2.75, 3.05) is 20.1 Å². The van der Waals surface area contributed by atoms with Gasteiger partial charge in [0, 0.05) is 25.7 Å². The molecule has 2 heterocycles. The summed E-state index contributed by atoms with van der Waals surface area (Å²) in [5.74, 6) is -0.966. The van der Waals surface area contributed by atoms with Gasteiger partial charge in [-0.1, -0.05) is 18.2 Å². The minimum atomic E-state index is -0.469. The first-order valence-corrected chi connectivity index (χ1v) is 10.6. The summed E-state index contributed by atoms with van der Waals surface area (Å²) in [5.41, 5.74) is 1.28. The summed E-state index contributed by atoms with van der Waals surface area (Å²) >= 11 is 1.37. The van der Waals surface area contributed by atoms with Gasteiger partial charge in [0.1, 0.15) is 6.04 Å². The number of likely N-dealkylation sites (N-methyl/N-ethyl adjacent to an activating group) is 1. The quantitative estimate of drug-likeness (QED) is 0.615. The molecule has 0 radical (unpaired) electrons. The van der Waals surface area contributed by atoms with E-state index in [1.807, 2.05) is 11.4 Å². The maximum absolute atomic E-state index is 12.4. The molecule has 30 heavy (non-hydrogen) atoms. The fourth-order valence-electron chi connectivity index (χ4n) is 3.32. The maximum atomic E-state index is 12.4. The smallest absolute Gasteiger partial charge is 0.261 e. The minimum absolute atomic E-state index is 0.137. The molecule has 8 nitrogen and oxygen atoms in total. The predicted molar refractivity (Wildman–Crippen MR) is 113 cm³/mol. The Labute approximate surface area is 178 Å². The Morgan fingerprint density at radius 2 is 1.83 bits per heavy atom. The van der Waals surface area contributed by atoms with E-state index in [0.717, 1.165) is 12.0 Å². The zero-order valence-corrected chi connectivity index (χ0v) is 17.5. The van der Waals surface area contributed by atoms with Gasteiger partial charge < -0.3 is 20.9 Å². The Morgan fingerprint density at radius 1 is 1.07 bits per heavy atom. The lowest BCUT2D eigenvalue weighted by atomic mass is 10.1. The van der Waals surface area contributed by atoms with Crippen molar-refractivity contribution >= 4 is 35.0 Å². The number of thiophene rings is 1. The van der Waals surface area contributed by atoms with Crippen molar-refractivity contribution in [1.82, 2.24) is 20.9 Å². The number of likely N-dealkylation sites (tertiary alicyclic amines) is 1. The van der Waals surface area contributed by atoms with Crippen LogP contribution in [0.15, 0.2) is 41.8 Å². The van der Waals surface area contributed by atoms with Crippen molar-refractivity contribution in [3.63, 3.8) is 0 Å². The van der Waals surface area contributed by atoms with Crippen LogP contribution in [-0.4, -0.2) is 54.7 Å². The second kappa shape index (κ2) is 10.0. The molecule has 1 aliphatic rings. The molecule has 1 atom stereocenters. The Balaban J connectivity index is 1.48. The highest BCUT2D eigenvalue weighted by atomic mass is 32.1. The number of hydrogen-bond donors (Lipinski definition) is 3. The van der Waals surface area contributed by atoms with E-state index in [4.69, 9.17) is 0 Å². The van der Waals surface area contributed by atoms with Gasteiger partial charge in [0.2, 0.25) is 11.8 Å². The summed E-state index contributed by atoms with van der Waals surface area (Å²) < 4.78 is 0. The third-order valence-electron chi connectivity index (χ3n) is 4.94. The van der Waals surface area contributed by atoms with Crippen LogP contribution in [0.25, 0.3) is 0 Å². The number of amides is 4. The summed E-state index contributed by atoms with van der Waals surface area (Å²) in [5, 5.41) is 9.85. The number of rotatable bonds is 7. The fraction of sp³-hybridized carbons (Fsp3) is 0.333. The SMILES string of the molecule is CNC(=O)C1CCCN1C(=O)CNC(=O)c1ccc(CNC(=O)c2cccs2)cc1. The normalized spacial score (nSPS) is 15.5. The Morgan fingerprint density at radius 3 is 2.50 bits per heavy atom. The molecule has 1 aliphatic heterocycles. The van der Waals surface area contributed by atoms with Gasteiger partial charge in [0.05, 0.1) is 11.4 Å². The number of benzene rings is 1. The lowest BCUT2D eigenvalue weighted by Crippen LogP contribution is -2.48. The summed E-state index contributed by atoms with van der Waals surface area (Å²) in [6.45, 7) is 0.705. The second-order valence-electron chi connectivity index (χ2n) is 6.90. The van der Waals surface area contributed by atoms with Gasteiger partial charge in [-0.15, -0.1) is 11.3 Å². The van der Waals surface area contributed by atoms with Crippen LogP contribution >= 0.6 is 11.3 Å². The van der Waals surface area contributed by atoms with Crippen LogP contribution in [0.3, 0.4) is 0 Å². The molecule has 2 aromatic rings. The van der Waals surface area contributed by atoms with Crippen LogP contribution in [0, 0.1) is 0 Å². The molecule has 1 aromatic carbocycles. The van der Waals surface area contributed by atoms with Crippen molar-refractivity contribution in [2.45, 2.75) is 25.4 Å². The van der Waals surface area contributed by atoms with Crippen LogP contribution in [0.5, 0.6) is 0 Å². The van der Waals surface area contributed by atoms with Crippen molar-refractivity contribution < 1.29 is 19.2 Å². The number of hydrogen-bond acceptors (Lipinski definition) is 5. The average molecular weight is 429 g/mol. The van der Waals surface area contributed by atoms with Crippen LogP contribution in [0.4, 0.5) is 0 Å². The zero-order valence-electron chi connectivity index (χ0n) is 16.6. The second-order valence-corrected chi connectivity index (χ2v) is 7.85. The number of nitrogens with zero attached hydrogens (tertiary/aromatic N) is 1. The summed E-state index contributed by atoms with van der Waals surface area (Å²) in [6, 6.07) is 9.92. The Kier molecular flexibility index (Phi) is 7.18. The van der Waals surface area contributed by atoms with E-state index in [9.17, 15) is 19.2 Å². The molecule has 9 heteroatoms. The van der Waals surface area contributed by atoms with Gasteiger partial charge in [-0.05, 0) is 42.0 Å². The molecule has 0 saturated carbocycles. The molecule has 158 valence electrons. The summed E-state index contributed by atoms with van der Waals surface area (Å²) in [6.07, 6.45) is 1.39. The largest absolute Gasteiger partial charge is 0.357 e. The third kappa shape index (κ3) is 5.24. The van der Waals surface area contributed by atoms with Gasteiger partial charge in [-0.25, -0.2) is 0 Å². The van der Waals surface area contributed by atoms with E-state index in [1.54, 1.807) is 37.4 Å². The van der Waals surface area contributed by atoms with E-state index < -0.39 is 6.04 Å². The van der Waals surface area contributed by atoms with Gasteiger partial charge in [-0.3, -0.25) is 19.2 Å². The lowest BCUT2D eigenvalue weighted by molar-refractivity contribution is -0.137. The monoisotopic (exact) mass is 428 g/mol. The molecular formula is C21H24N4O4S. The Bertz CT molecular complexity index is 912. The number of nitrogens with one attached hydrogen (secondary N) is 3. The molecule has 3 N–H and O–H groups in total. The summed E-state index contributed by atoms with van der Waals surface area (Å²) in [7, 11) is 1.54. The topological polar surface area (TPSA) is 108 Å². The van der Waals surface area contributed by atoms with Gasteiger partial charge in [-0.2, -0.15) is 0 Å². The highest BCUT2D eigenvalue weighted by Crippen LogP contribution is 2.17. The van der Waals surface area contributed by atoms with Gasteiger partial charge in [0.25, 0.3) is 11.8 Å². The molecule has 0 aliphatic carbocycles. The van der Waals surface area contributed by atoms with Crippen LogP contribution in [0.1, 0.15) is 38.4 Å². The van der Waals surface area contributed by atoms with Crippen LogP contribution < -0.4 is 16.0 Å². The minimum Gasteiger partial charge on any atom is -0.357 e. The lowest BCUT2D eigenvalue weighted by Gasteiger charge is -2.23. The first-order valence-electron chi connectivity index (χ1n) is 9.69. The van der Waals surface area contributed by atoms with Crippen LogP contribution in [0.2, 0.25) is 0 Å². The van der Waals surface area contributed by atoms with E-state index in [-0.39, 0.29) is 30.2 Å². The van der Waals surface area contributed by atoms with Crippen molar-refractivity contribution in [3.8, 4) is 0 Å². The Hall–Kier alpha value is -3.20. The highest BCUT2D eigenvalue weighted by molar-refractivity contribution is 7.12. The molecule has 1 saturated heterocycles. The highest BCUT2D eigenvalue weighted by Gasteiger charge is 2.33. The zero-order chi connectivity index (χ0) is 21.5. The third-order valence-corrected chi connectivity index (χ3v) is 5.81. The predicted octanol–water partition coefficient (Wildman–Crippen LogP) is 1.14. The number of carbonyl (C=O) groups is 4.